The Bertz CT molecular complexity index is 544. The number of hydrogen-bond acceptors (Lipinski definition) is 3. The lowest BCUT2D eigenvalue weighted by molar-refractivity contribution is -0.135. The fourth-order valence-corrected chi connectivity index (χ4v) is 3.95. The van der Waals surface area contributed by atoms with E-state index in [0.29, 0.717) is 6.54 Å². The first-order chi connectivity index (χ1) is 11.5. The Labute approximate surface area is 145 Å². The average Bonchev–Trinajstić information content (AvgIpc) is 3.03. The van der Waals surface area contributed by atoms with Gasteiger partial charge in [-0.2, -0.15) is 0 Å². The van der Waals surface area contributed by atoms with Gasteiger partial charge in [-0.25, -0.2) is 0 Å². The largest absolute Gasteiger partial charge is 0.373 e. The highest BCUT2D eigenvalue weighted by Gasteiger charge is 2.41. The van der Waals surface area contributed by atoms with Crippen molar-refractivity contribution in [1.82, 2.24) is 10.2 Å². The van der Waals surface area contributed by atoms with Crippen LogP contribution in [-0.2, 0) is 16.0 Å². The van der Waals surface area contributed by atoms with Crippen LogP contribution in [0.3, 0.4) is 0 Å². The molecule has 2 heterocycles. The SMILES string of the molecule is CN1CCC(Cc2ccccc2)(C(=O)NC[C@]2(C)CCCO2)CC1. The molecule has 24 heavy (non-hydrogen) atoms. The fourth-order valence-electron chi connectivity index (χ4n) is 3.95. The molecular formula is C20H30N2O2. The molecule has 2 aliphatic heterocycles. The lowest BCUT2D eigenvalue weighted by Gasteiger charge is -2.40. The molecule has 0 saturated carbocycles. The van der Waals surface area contributed by atoms with Gasteiger partial charge < -0.3 is 15.0 Å². The van der Waals surface area contributed by atoms with Crippen molar-refractivity contribution in [3.05, 3.63) is 35.9 Å². The third-order valence-corrected chi connectivity index (χ3v) is 5.73. The highest BCUT2D eigenvalue weighted by molar-refractivity contribution is 5.83. The molecule has 0 aliphatic carbocycles. The number of amides is 1. The van der Waals surface area contributed by atoms with Crippen LogP contribution in [0.1, 0.15) is 38.2 Å². The number of benzene rings is 1. The van der Waals surface area contributed by atoms with Crippen LogP contribution >= 0.6 is 0 Å². The summed E-state index contributed by atoms with van der Waals surface area (Å²) in [7, 11) is 2.14. The van der Waals surface area contributed by atoms with Gasteiger partial charge in [-0.3, -0.25) is 4.79 Å². The standard InChI is InChI=1S/C20H30N2O2/c1-19(9-6-14-24-19)16-21-18(23)20(10-12-22(2)13-11-20)15-17-7-4-3-5-8-17/h3-5,7-8H,6,9-16H2,1-2H3,(H,21,23)/t19-/m0/s1. The molecule has 132 valence electrons. The van der Waals surface area contributed by atoms with E-state index in [1.54, 1.807) is 0 Å². The molecule has 2 fully saturated rings. The Kier molecular flexibility index (Phi) is 5.26. The summed E-state index contributed by atoms with van der Waals surface area (Å²) in [5, 5.41) is 3.23. The maximum atomic E-state index is 13.1. The predicted octanol–water partition coefficient (Wildman–Crippen LogP) is 2.63. The highest BCUT2D eigenvalue weighted by atomic mass is 16.5. The number of hydrogen-bond donors (Lipinski definition) is 1. The zero-order chi connectivity index (χ0) is 17.0. The minimum Gasteiger partial charge on any atom is -0.373 e. The van der Waals surface area contributed by atoms with Gasteiger partial charge in [-0.05, 0) is 64.7 Å². The summed E-state index contributed by atoms with van der Waals surface area (Å²) in [6, 6.07) is 10.4. The van der Waals surface area contributed by atoms with E-state index in [4.69, 9.17) is 4.74 Å². The Morgan fingerprint density at radius 1 is 1.21 bits per heavy atom. The maximum absolute atomic E-state index is 13.1. The second-order valence-electron chi connectivity index (χ2n) is 7.83. The molecule has 1 aromatic rings. The van der Waals surface area contributed by atoms with Gasteiger partial charge >= 0.3 is 0 Å². The van der Waals surface area contributed by atoms with E-state index >= 15 is 0 Å². The van der Waals surface area contributed by atoms with Crippen molar-refractivity contribution in [3.63, 3.8) is 0 Å². The van der Waals surface area contributed by atoms with E-state index < -0.39 is 0 Å². The monoisotopic (exact) mass is 330 g/mol. The average molecular weight is 330 g/mol. The first-order valence-corrected chi connectivity index (χ1v) is 9.16. The molecule has 4 nitrogen and oxygen atoms in total. The van der Waals surface area contributed by atoms with Gasteiger partial charge in [0.1, 0.15) is 0 Å². The topological polar surface area (TPSA) is 41.6 Å². The number of rotatable bonds is 5. The van der Waals surface area contributed by atoms with Crippen molar-refractivity contribution in [3.8, 4) is 0 Å². The van der Waals surface area contributed by atoms with Crippen molar-refractivity contribution >= 4 is 5.91 Å². The van der Waals surface area contributed by atoms with E-state index in [1.807, 2.05) is 6.07 Å². The molecule has 1 atom stereocenters. The molecule has 0 radical (unpaired) electrons. The summed E-state index contributed by atoms with van der Waals surface area (Å²) in [4.78, 5) is 15.5. The lowest BCUT2D eigenvalue weighted by atomic mass is 9.73. The van der Waals surface area contributed by atoms with E-state index in [0.717, 1.165) is 51.8 Å². The van der Waals surface area contributed by atoms with Gasteiger partial charge in [-0.15, -0.1) is 0 Å². The summed E-state index contributed by atoms with van der Waals surface area (Å²) in [6.45, 7) is 5.51. The number of ether oxygens (including phenoxy) is 1. The number of nitrogens with zero attached hydrogens (tertiary/aromatic N) is 1. The third-order valence-electron chi connectivity index (χ3n) is 5.73. The van der Waals surface area contributed by atoms with Crippen LogP contribution in [0.4, 0.5) is 0 Å². The minimum atomic E-state index is -0.289. The second kappa shape index (κ2) is 7.24. The predicted molar refractivity (Wildman–Crippen MR) is 95.9 cm³/mol. The number of likely N-dealkylation sites (tertiary alicyclic amines) is 1. The summed E-state index contributed by atoms with van der Waals surface area (Å²) in [5.74, 6) is 0.205. The smallest absolute Gasteiger partial charge is 0.226 e. The maximum Gasteiger partial charge on any atom is 0.226 e. The summed E-state index contributed by atoms with van der Waals surface area (Å²) in [5.41, 5.74) is 0.776. The van der Waals surface area contributed by atoms with Gasteiger partial charge in [0.2, 0.25) is 5.91 Å². The molecule has 2 saturated heterocycles. The number of nitrogens with one attached hydrogen (secondary N) is 1. The van der Waals surface area contributed by atoms with Crippen LogP contribution in [0, 0.1) is 5.41 Å². The molecule has 4 heteroatoms. The van der Waals surface area contributed by atoms with Gasteiger partial charge in [0.15, 0.2) is 0 Å². The van der Waals surface area contributed by atoms with Crippen molar-refractivity contribution in [1.29, 1.82) is 0 Å². The van der Waals surface area contributed by atoms with E-state index in [2.05, 4.69) is 48.5 Å². The van der Waals surface area contributed by atoms with Crippen LogP contribution in [0.15, 0.2) is 30.3 Å². The first-order valence-electron chi connectivity index (χ1n) is 9.16. The molecule has 3 rings (SSSR count). The van der Waals surface area contributed by atoms with Crippen molar-refractivity contribution in [2.45, 2.75) is 44.6 Å². The minimum absolute atomic E-state index is 0.185. The molecular weight excluding hydrogens is 300 g/mol. The highest BCUT2D eigenvalue weighted by Crippen LogP contribution is 2.35. The number of carbonyl (C=O) groups excluding carboxylic acids is 1. The lowest BCUT2D eigenvalue weighted by Crippen LogP contribution is -2.52. The van der Waals surface area contributed by atoms with Gasteiger partial charge in [0.25, 0.3) is 0 Å². The quantitative estimate of drug-likeness (QED) is 0.902. The molecule has 2 aliphatic rings. The van der Waals surface area contributed by atoms with E-state index in [9.17, 15) is 4.79 Å². The molecule has 1 N–H and O–H groups in total. The van der Waals surface area contributed by atoms with Crippen molar-refractivity contribution in [2.75, 3.05) is 33.3 Å². The van der Waals surface area contributed by atoms with Crippen molar-refractivity contribution in [2.24, 2.45) is 5.41 Å². The molecule has 1 amide bonds. The van der Waals surface area contributed by atoms with Gasteiger partial charge in [0.05, 0.1) is 11.0 Å². The normalized spacial score (nSPS) is 27.1. The van der Waals surface area contributed by atoms with Crippen LogP contribution in [0.2, 0.25) is 0 Å². The zero-order valence-electron chi connectivity index (χ0n) is 15.0. The molecule has 0 aromatic heterocycles. The number of piperidine rings is 1. The fraction of sp³-hybridized carbons (Fsp3) is 0.650. The summed E-state index contributed by atoms with van der Waals surface area (Å²) < 4.78 is 5.82. The number of carbonyl (C=O) groups is 1. The first kappa shape index (κ1) is 17.4. The Morgan fingerprint density at radius 3 is 2.54 bits per heavy atom. The van der Waals surface area contributed by atoms with Crippen LogP contribution in [0.25, 0.3) is 0 Å². The van der Waals surface area contributed by atoms with Gasteiger partial charge in [0, 0.05) is 13.2 Å². The van der Waals surface area contributed by atoms with Crippen LogP contribution in [0.5, 0.6) is 0 Å². The van der Waals surface area contributed by atoms with Crippen LogP contribution in [-0.4, -0.2) is 49.7 Å². The van der Waals surface area contributed by atoms with E-state index in [1.165, 1.54) is 5.56 Å². The summed E-state index contributed by atoms with van der Waals surface area (Å²) in [6.07, 6.45) is 4.78. The van der Waals surface area contributed by atoms with Crippen molar-refractivity contribution < 1.29 is 9.53 Å². The Morgan fingerprint density at radius 2 is 1.92 bits per heavy atom. The molecule has 0 unspecified atom stereocenters. The second-order valence-corrected chi connectivity index (χ2v) is 7.83. The Hall–Kier alpha value is -1.39. The van der Waals surface area contributed by atoms with Crippen LogP contribution < -0.4 is 5.32 Å². The molecule has 0 spiro atoms. The Balaban J connectivity index is 1.70. The molecule has 0 bridgehead atoms. The zero-order valence-corrected chi connectivity index (χ0v) is 15.0. The summed E-state index contributed by atoms with van der Waals surface area (Å²) >= 11 is 0. The third kappa shape index (κ3) is 3.98. The van der Waals surface area contributed by atoms with Gasteiger partial charge in [-0.1, -0.05) is 30.3 Å². The molecule has 1 aromatic carbocycles. The van der Waals surface area contributed by atoms with E-state index in [-0.39, 0.29) is 16.9 Å².